The molecule has 1 saturated heterocycles. The average molecular weight is 282 g/mol. The smallest absolute Gasteiger partial charge is 0.309 e. The highest BCUT2D eigenvalue weighted by Gasteiger charge is 2.41. The molecule has 1 aliphatic rings. The van der Waals surface area contributed by atoms with Crippen LogP contribution >= 0.6 is 11.3 Å². The first-order valence-corrected chi connectivity index (χ1v) is 7.38. The number of aliphatic carboxylic acids is 1. The number of piperidine rings is 1. The van der Waals surface area contributed by atoms with E-state index in [9.17, 15) is 14.7 Å². The molecule has 5 nitrogen and oxygen atoms in total. The Hall–Kier alpha value is -1.43. The average Bonchev–Trinajstić information content (AvgIpc) is 2.93. The van der Waals surface area contributed by atoms with Crippen molar-refractivity contribution in [1.82, 2.24) is 9.88 Å². The van der Waals surface area contributed by atoms with E-state index >= 15 is 0 Å². The largest absolute Gasteiger partial charge is 0.481 e. The van der Waals surface area contributed by atoms with Gasteiger partial charge in [-0.15, -0.1) is 11.3 Å². The van der Waals surface area contributed by atoms with Gasteiger partial charge in [-0.05, 0) is 19.3 Å². The topological polar surface area (TPSA) is 70.5 Å². The van der Waals surface area contributed by atoms with Crippen LogP contribution in [0.1, 0.15) is 42.3 Å². The number of likely N-dealkylation sites (tertiary alicyclic amines) is 1. The maximum atomic E-state index is 12.1. The molecule has 1 amide bonds. The number of carbonyl (C=O) groups excluding carboxylic acids is 1. The Kier molecular flexibility index (Phi) is 4.19. The number of rotatable bonds is 4. The Morgan fingerprint density at radius 3 is 2.63 bits per heavy atom. The minimum Gasteiger partial charge on any atom is -0.481 e. The first-order chi connectivity index (χ1) is 9.09. The molecule has 0 spiro atoms. The molecule has 19 heavy (non-hydrogen) atoms. The lowest BCUT2D eigenvalue weighted by Gasteiger charge is -2.38. The lowest BCUT2D eigenvalue weighted by Crippen LogP contribution is -2.46. The van der Waals surface area contributed by atoms with Crippen molar-refractivity contribution < 1.29 is 14.7 Å². The number of carboxylic acid groups (broad SMARTS) is 1. The van der Waals surface area contributed by atoms with Crippen LogP contribution in [0.5, 0.6) is 0 Å². The minimum absolute atomic E-state index is 0.0296. The van der Waals surface area contributed by atoms with E-state index in [1.807, 2.05) is 6.92 Å². The van der Waals surface area contributed by atoms with Crippen LogP contribution in [-0.2, 0) is 4.79 Å². The standard InChI is InChI=1S/C13H18N2O3S/c1-2-3-13(12(17)18)4-6-15(7-5-13)11(16)10-8-14-9-19-10/h8-9H,2-7H2,1H3,(H,17,18). The lowest BCUT2D eigenvalue weighted by atomic mass is 9.75. The molecule has 1 aromatic rings. The van der Waals surface area contributed by atoms with Crippen molar-refractivity contribution >= 4 is 23.2 Å². The van der Waals surface area contributed by atoms with E-state index in [0.717, 1.165) is 6.42 Å². The first-order valence-electron chi connectivity index (χ1n) is 6.50. The molecule has 0 aliphatic carbocycles. The van der Waals surface area contributed by atoms with Gasteiger partial charge in [-0.2, -0.15) is 0 Å². The van der Waals surface area contributed by atoms with Gasteiger partial charge < -0.3 is 10.0 Å². The van der Waals surface area contributed by atoms with E-state index in [4.69, 9.17) is 0 Å². The number of hydrogen-bond donors (Lipinski definition) is 1. The van der Waals surface area contributed by atoms with Gasteiger partial charge in [-0.3, -0.25) is 14.6 Å². The van der Waals surface area contributed by atoms with Gasteiger partial charge in [0.2, 0.25) is 0 Å². The van der Waals surface area contributed by atoms with Crippen LogP contribution < -0.4 is 0 Å². The molecule has 2 rings (SSSR count). The third kappa shape index (κ3) is 2.78. The van der Waals surface area contributed by atoms with Crippen LogP contribution in [0.4, 0.5) is 0 Å². The van der Waals surface area contributed by atoms with Gasteiger partial charge >= 0.3 is 5.97 Å². The molecule has 1 N–H and O–H groups in total. The zero-order chi connectivity index (χ0) is 13.9. The highest BCUT2D eigenvalue weighted by atomic mass is 32.1. The maximum Gasteiger partial charge on any atom is 0.309 e. The molecule has 0 saturated carbocycles. The molecule has 1 aliphatic heterocycles. The fourth-order valence-electron chi connectivity index (χ4n) is 2.66. The summed E-state index contributed by atoms with van der Waals surface area (Å²) in [5.41, 5.74) is 0.995. The predicted octanol–water partition coefficient (Wildman–Crippen LogP) is 2.25. The van der Waals surface area contributed by atoms with Crippen LogP contribution in [0, 0.1) is 5.41 Å². The molecule has 1 fully saturated rings. The molecule has 0 bridgehead atoms. The molecule has 2 heterocycles. The van der Waals surface area contributed by atoms with E-state index in [1.54, 1.807) is 16.6 Å². The summed E-state index contributed by atoms with van der Waals surface area (Å²) in [5, 5.41) is 9.42. The summed E-state index contributed by atoms with van der Waals surface area (Å²) < 4.78 is 0. The second-order valence-corrected chi connectivity index (χ2v) is 5.88. The Balaban J connectivity index is 2.02. The van der Waals surface area contributed by atoms with Crippen molar-refractivity contribution in [3.05, 3.63) is 16.6 Å². The van der Waals surface area contributed by atoms with Gasteiger partial charge in [-0.1, -0.05) is 13.3 Å². The highest BCUT2D eigenvalue weighted by Crippen LogP contribution is 2.36. The summed E-state index contributed by atoms with van der Waals surface area (Å²) in [6.07, 6.45) is 4.19. The Bertz CT molecular complexity index is 450. The van der Waals surface area contributed by atoms with E-state index in [2.05, 4.69) is 4.98 Å². The molecule has 0 radical (unpaired) electrons. The number of nitrogens with zero attached hydrogens (tertiary/aromatic N) is 2. The fraction of sp³-hybridized carbons (Fsp3) is 0.615. The summed E-state index contributed by atoms with van der Waals surface area (Å²) in [7, 11) is 0. The lowest BCUT2D eigenvalue weighted by molar-refractivity contribution is -0.152. The van der Waals surface area contributed by atoms with Crippen LogP contribution in [-0.4, -0.2) is 40.0 Å². The predicted molar refractivity (Wildman–Crippen MR) is 72.2 cm³/mol. The summed E-state index contributed by atoms with van der Waals surface area (Å²) in [4.78, 5) is 29.9. The fourth-order valence-corrected chi connectivity index (χ4v) is 3.25. The third-order valence-corrected chi connectivity index (χ3v) is 4.59. The number of carboxylic acids is 1. The summed E-state index contributed by atoms with van der Waals surface area (Å²) in [6.45, 7) is 3.03. The van der Waals surface area contributed by atoms with Crippen LogP contribution in [0.2, 0.25) is 0 Å². The second-order valence-electron chi connectivity index (χ2n) is 4.99. The quantitative estimate of drug-likeness (QED) is 0.919. The van der Waals surface area contributed by atoms with Crippen LogP contribution in [0.25, 0.3) is 0 Å². The van der Waals surface area contributed by atoms with Gasteiger partial charge in [0.05, 0.1) is 17.1 Å². The van der Waals surface area contributed by atoms with Crippen molar-refractivity contribution in [1.29, 1.82) is 0 Å². The van der Waals surface area contributed by atoms with Gasteiger partial charge in [0.25, 0.3) is 5.91 Å². The van der Waals surface area contributed by atoms with Crippen molar-refractivity contribution in [2.24, 2.45) is 5.41 Å². The number of amides is 1. The molecule has 0 aromatic carbocycles. The van der Waals surface area contributed by atoms with E-state index < -0.39 is 11.4 Å². The van der Waals surface area contributed by atoms with E-state index in [-0.39, 0.29) is 5.91 Å². The van der Waals surface area contributed by atoms with E-state index in [1.165, 1.54) is 11.3 Å². The molecular weight excluding hydrogens is 264 g/mol. The second kappa shape index (κ2) is 5.69. The number of thiazole rings is 1. The normalized spacial score (nSPS) is 18.3. The Morgan fingerprint density at radius 2 is 2.16 bits per heavy atom. The van der Waals surface area contributed by atoms with Gasteiger partial charge in [-0.25, -0.2) is 0 Å². The first kappa shape index (κ1) is 14.0. The molecule has 0 atom stereocenters. The number of aromatic nitrogens is 1. The SMILES string of the molecule is CCCC1(C(=O)O)CCN(C(=O)c2cncs2)CC1. The minimum atomic E-state index is -0.723. The summed E-state index contributed by atoms with van der Waals surface area (Å²) in [5.74, 6) is -0.753. The molecular formula is C13H18N2O3S. The zero-order valence-electron chi connectivity index (χ0n) is 11.0. The summed E-state index contributed by atoms with van der Waals surface area (Å²) in [6, 6.07) is 0. The van der Waals surface area contributed by atoms with Gasteiger partial charge in [0, 0.05) is 13.1 Å². The molecule has 1 aromatic heterocycles. The zero-order valence-corrected chi connectivity index (χ0v) is 11.8. The monoisotopic (exact) mass is 282 g/mol. The van der Waals surface area contributed by atoms with Crippen molar-refractivity contribution in [2.75, 3.05) is 13.1 Å². The van der Waals surface area contributed by atoms with Gasteiger partial charge in [0.1, 0.15) is 4.88 Å². The van der Waals surface area contributed by atoms with Crippen molar-refractivity contribution in [3.8, 4) is 0 Å². The Morgan fingerprint density at radius 1 is 1.47 bits per heavy atom. The molecule has 0 unspecified atom stereocenters. The van der Waals surface area contributed by atoms with Crippen molar-refractivity contribution in [3.63, 3.8) is 0 Å². The van der Waals surface area contributed by atoms with Crippen LogP contribution in [0.3, 0.4) is 0 Å². The molecule has 104 valence electrons. The van der Waals surface area contributed by atoms with Gasteiger partial charge in [0.15, 0.2) is 0 Å². The molecule has 6 heteroatoms. The number of carbonyl (C=O) groups is 2. The Labute approximate surface area is 116 Å². The summed E-state index contributed by atoms with van der Waals surface area (Å²) >= 11 is 1.32. The highest BCUT2D eigenvalue weighted by molar-refractivity contribution is 7.11. The third-order valence-electron chi connectivity index (χ3n) is 3.83. The maximum absolute atomic E-state index is 12.1. The van der Waals surface area contributed by atoms with Crippen molar-refractivity contribution in [2.45, 2.75) is 32.6 Å². The number of hydrogen-bond acceptors (Lipinski definition) is 4. The van der Waals surface area contributed by atoms with Crippen LogP contribution in [0.15, 0.2) is 11.7 Å². The van der Waals surface area contributed by atoms with E-state index in [0.29, 0.717) is 37.2 Å².